The minimum atomic E-state index is -3.64. The number of carbonyl (C=O) groups is 1. The third kappa shape index (κ3) is 5.35. The van der Waals surface area contributed by atoms with Crippen LogP contribution < -0.4 is 4.72 Å². The van der Waals surface area contributed by atoms with Gasteiger partial charge in [0.15, 0.2) is 0 Å². The summed E-state index contributed by atoms with van der Waals surface area (Å²) in [7, 11) is -0.527. The summed E-state index contributed by atoms with van der Waals surface area (Å²) in [6, 6.07) is 11.6. The second-order valence-electron chi connectivity index (χ2n) is 5.70. The van der Waals surface area contributed by atoms with Gasteiger partial charge >= 0.3 is 0 Å². The van der Waals surface area contributed by atoms with E-state index in [9.17, 15) is 17.6 Å². The van der Waals surface area contributed by atoms with Crippen LogP contribution in [0.15, 0.2) is 53.4 Å². The summed E-state index contributed by atoms with van der Waals surface area (Å²) < 4.78 is 44.3. The van der Waals surface area contributed by atoms with Crippen LogP contribution >= 0.6 is 0 Å². The fourth-order valence-corrected chi connectivity index (χ4v) is 3.31. The summed E-state index contributed by atoms with van der Waals surface area (Å²) in [5.41, 5.74) is 1.16. The first-order valence-electron chi connectivity index (χ1n) is 7.92. The van der Waals surface area contributed by atoms with Crippen molar-refractivity contribution in [2.75, 3.05) is 27.3 Å². The van der Waals surface area contributed by atoms with E-state index in [2.05, 4.69) is 4.72 Å². The topological polar surface area (TPSA) is 75.7 Å². The molecule has 0 bridgehead atoms. The fraction of sp³-hybridized carbons (Fsp3) is 0.278. The number of ether oxygens (including phenoxy) is 1. The first kappa shape index (κ1) is 20.0. The van der Waals surface area contributed by atoms with Gasteiger partial charge in [0.2, 0.25) is 10.0 Å². The Hall–Kier alpha value is -2.29. The van der Waals surface area contributed by atoms with Gasteiger partial charge in [0, 0.05) is 32.8 Å². The summed E-state index contributed by atoms with van der Waals surface area (Å²) in [4.78, 5) is 14.0. The Balaban J connectivity index is 2.04. The minimum absolute atomic E-state index is 0.0753. The van der Waals surface area contributed by atoms with Crippen LogP contribution in [0.1, 0.15) is 15.9 Å². The third-order valence-corrected chi connectivity index (χ3v) is 5.17. The Labute approximate surface area is 152 Å². The lowest BCUT2D eigenvalue weighted by molar-refractivity contribution is 0.0785. The number of nitrogens with zero attached hydrogens (tertiary/aromatic N) is 1. The molecule has 0 radical (unpaired) electrons. The van der Waals surface area contributed by atoms with E-state index in [1.165, 1.54) is 48.4 Å². The van der Waals surface area contributed by atoms with Crippen molar-refractivity contribution in [3.05, 3.63) is 65.5 Å². The molecule has 0 fully saturated rings. The molecule has 0 aliphatic heterocycles. The molecule has 6 nitrogen and oxygen atoms in total. The van der Waals surface area contributed by atoms with Crippen molar-refractivity contribution in [2.24, 2.45) is 0 Å². The lowest BCUT2D eigenvalue weighted by Gasteiger charge is -2.17. The number of benzene rings is 2. The highest BCUT2D eigenvalue weighted by Crippen LogP contribution is 2.13. The third-order valence-electron chi connectivity index (χ3n) is 3.69. The van der Waals surface area contributed by atoms with Crippen LogP contribution in [-0.4, -0.2) is 46.5 Å². The van der Waals surface area contributed by atoms with Crippen molar-refractivity contribution < 1.29 is 22.3 Å². The Kier molecular flexibility index (Phi) is 6.84. The number of amides is 1. The van der Waals surface area contributed by atoms with Gasteiger partial charge in [-0.1, -0.05) is 12.1 Å². The van der Waals surface area contributed by atoms with Crippen LogP contribution in [-0.2, 0) is 21.3 Å². The van der Waals surface area contributed by atoms with E-state index in [1.54, 1.807) is 19.2 Å². The Bertz CT molecular complexity index is 836. The highest BCUT2D eigenvalue weighted by molar-refractivity contribution is 7.89. The van der Waals surface area contributed by atoms with Gasteiger partial charge in [0.1, 0.15) is 5.82 Å². The van der Waals surface area contributed by atoms with E-state index in [1.807, 2.05) is 0 Å². The molecule has 0 spiro atoms. The molecular formula is C18H21FN2O4S. The Morgan fingerprint density at radius 3 is 2.31 bits per heavy atom. The van der Waals surface area contributed by atoms with E-state index < -0.39 is 10.0 Å². The number of carbonyl (C=O) groups excluding carboxylic acids is 1. The Morgan fingerprint density at radius 1 is 1.12 bits per heavy atom. The quantitative estimate of drug-likeness (QED) is 0.711. The molecule has 0 saturated carbocycles. The number of halogens is 1. The maximum Gasteiger partial charge on any atom is 0.253 e. The molecule has 1 amide bonds. The predicted octanol–water partition coefficient (Wildman–Crippen LogP) is 2.02. The fourth-order valence-electron chi connectivity index (χ4n) is 2.29. The number of hydrogen-bond donors (Lipinski definition) is 1. The monoisotopic (exact) mass is 380 g/mol. The van der Waals surface area contributed by atoms with Gasteiger partial charge in [0.25, 0.3) is 5.91 Å². The van der Waals surface area contributed by atoms with E-state index in [-0.39, 0.29) is 29.8 Å². The molecule has 1 N–H and O–H groups in total. The van der Waals surface area contributed by atoms with Crippen LogP contribution in [0.3, 0.4) is 0 Å². The molecule has 0 saturated heterocycles. The molecule has 26 heavy (non-hydrogen) atoms. The van der Waals surface area contributed by atoms with Crippen LogP contribution in [0.4, 0.5) is 4.39 Å². The highest BCUT2D eigenvalue weighted by atomic mass is 32.2. The molecule has 0 unspecified atom stereocenters. The Morgan fingerprint density at radius 2 is 1.73 bits per heavy atom. The van der Waals surface area contributed by atoms with Gasteiger partial charge in [-0.05, 0) is 42.0 Å². The molecule has 0 aliphatic carbocycles. The number of rotatable bonds is 8. The summed E-state index contributed by atoms with van der Waals surface area (Å²) >= 11 is 0. The van der Waals surface area contributed by atoms with E-state index >= 15 is 0 Å². The first-order valence-corrected chi connectivity index (χ1v) is 9.40. The van der Waals surface area contributed by atoms with Crippen LogP contribution in [0.5, 0.6) is 0 Å². The normalized spacial score (nSPS) is 11.3. The average molecular weight is 380 g/mol. The molecule has 2 aromatic rings. The zero-order valence-corrected chi connectivity index (χ0v) is 15.4. The summed E-state index contributed by atoms with van der Waals surface area (Å²) in [6.07, 6.45) is 0. The zero-order valence-electron chi connectivity index (χ0n) is 14.6. The lowest BCUT2D eigenvalue weighted by Crippen LogP contribution is -2.28. The molecule has 0 aliphatic rings. The maximum absolute atomic E-state index is 12.9. The SMILES string of the molecule is COCCNS(=O)(=O)c1ccc(C(=O)N(C)Cc2ccc(F)cc2)cc1. The second kappa shape index (κ2) is 8.88. The molecule has 0 atom stereocenters. The van der Waals surface area contributed by atoms with E-state index in [0.717, 1.165) is 5.56 Å². The smallest absolute Gasteiger partial charge is 0.253 e. The average Bonchev–Trinajstić information content (AvgIpc) is 2.63. The molecule has 0 heterocycles. The van der Waals surface area contributed by atoms with Gasteiger partial charge in [-0.3, -0.25) is 4.79 Å². The van der Waals surface area contributed by atoms with E-state index in [4.69, 9.17) is 4.74 Å². The first-order chi connectivity index (χ1) is 12.3. The maximum atomic E-state index is 12.9. The van der Waals surface area contributed by atoms with Crippen molar-refractivity contribution in [3.63, 3.8) is 0 Å². The van der Waals surface area contributed by atoms with Gasteiger partial charge in [-0.15, -0.1) is 0 Å². The number of hydrogen-bond acceptors (Lipinski definition) is 4. The van der Waals surface area contributed by atoms with Crippen LogP contribution in [0.2, 0.25) is 0 Å². The molecular weight excluding hydrogens is 359 g/mol. The highest BCUT2D eigenvalue weighted by Gasteiger charge is 2.16. The largest absolute Gasteiger partial charge is 0.383 e. The van der Waals surface area contributed by atoms with E-state index in [0.29, 0.717) is 12.1 Å². The van der Waals surface area contributed by atoms with Gasteiger partial charge in [0.05, 0.1) is 11.5 Å². The predicted molar refractivity (Wildman–Crippen MR) is 95.7 cm³/mol. The van der Waals surface area contributed by atoms with Gasteiger partial charge in [-0.25, -0.2) is 17.5 Å². The summed E-state index contributed by atoms with van der Waals surface area (Å²) in [5, 5.41) is 0. The molecule has 0 aromatic heterocycles. The standard InChI is InChI=1S/C18H21FN2O4S/c1-21(13-14-3-7-16(19)8-4-14)18(22)15-5-9-17(10-6-15)26(23,24)20-11-12-25-2/h3-10,20H,11-13H2,1-2H3. The summed E-state index contributed by atoms with van der Waals surface area (Å²) in [5.74, 6) is -0.593. The lowest BCUT2D eigenvalue weighted by atomic mass is 10.1. The second-order valence-corrected chi connectivity index (χ2v) is 7.47. The summed E-state index contributed by atoms with van der Waals surface area (Å²) in [6.45, 7) is 0.752. The molecule has 8 heteroatoms. The number of nitrogens with one attached hydrogen (secondary N) is 1. The minimum Gasteiger partial charge on any atom is -0.383 e. The zero-order chi connectivity index (χ0) is 19.2. The van der Waals surface area contributed by atoms with Crippen molar-refractivity contribution >= 4 is 15.9 Å². The molecule has 140 valence electrons. The molecule has 2 aromatic carbocycles. The number of methoxy groups -OCH3 is 1. The van der Waals surface area contributed by atoms with Crippen LogP contribution in [0.25, 0.3) is 0 Å². The molecule has 2 rings (SSSR count). The van der Waals surface area contributed by atoms with Crippen LogP contribution in [0, 0.1) is 5.82 Å². The van der Waals surface area contributed by atoms with Crippen molar-refractivity contribution in [1.29, 1.82) is 0 Å². The van der Waals surface area contributed by atoms with Crippen molar-refractivity contribution in [3.8, 4) is 0 Å². The van der Waals surface area contributed by atoms with Gasteiger partial charge in [-0.2, -0.15) is 0 Å². The number of sulfonamides is 1. The van der Waals surface area contributed by atoms with Crippen molar-refractivity contribution in [1.82, 2.24) is 9.62 Å². The van der Waals surface area contributed by atoms with Crippen molar-refractivity contribution in [2.45, 2.75) is 11.4 Å². The van der Waals surface area contributed by atoms with Gasteiger partial charge < -0.3 is 9.64 Å².